The molecule has 0 aromatic heterocycles. The number of alkyl halides is 8. The molecule has 0 unspecified atom stereocenters. The van der Waals surface area contributed by atoms with Crippen LogP contribution in [0.25, 0.3) is 6.08 Å². The molecule has 0 heterocycles. The van der Waals surface area contributed by atoms with Gasteiger partial charge in [-0.25, -0.2) is 45.6 Å². The molecular weight excluding hydrogens is 1700 g/mol. The molecule has 0 bridgehead atoms. The zero-order chi connectivity index (χ0) is 91.8. The minimum absolute atomic E-state index is 0.0359. The quantitative estimate of drug-likeness (QED) is 0.00614. The first-order valence-corrected chi connectivity index (χ1v) is 43.0. The number of hydrogen-bond acceptors (Lipinski definition) is 23. The number of hydrogen-bond donors (Lipinski definition) is 0. The Hall–Kier alpha value is -10.4. The fraction of sp³-hybridized carbons (Fsp3) is 0.341. The first-order chi connectivity index (χ1) is 55.9. The third-order valence-corrected chi connectivity index (χ3v) is 22.5. The molecule has 1 aliphatic rings. The van der Waals surface area contributed by atoms with Crippen LogP contribution in [0, 0.1) is 0 Å². The third kappa shape index (κ3) is 34.2. The van der Waals surface area contributed by atoms with Crippen molar-refractivity contribution >= 4 is 94.0 Å². The molecule has 7 aromatic carbocycles. The van der Waals surface area contributed by atoms with Gasteiger partial charge in [-0.05, 0) is 223 Å². The van der Waals surface area contributed by atoms with Crippen LogP contribution in [0.15, 0.2) is 267 Å². The van der Waals surface area contributed by atoms with Crippen LogP contribution in [-0.4, -0.2) is 141 Å². The molecule has 0 radical (unpaired) electrons. The van der Waals surface area contributed by atoms with Crippen molar-refractivity contribution in [3.63, 3.8) is 0 Å². The topological polar surface area (TPSA) is 334 Å². The fourth-order valence-electron chi connectivity index (χ4n) is 9.47. The molecule has 36 heteroatoms. The van der Waals surface area contributed by atoms with Crippen molar-refractivity contribution in [2.45, 2.75) is 189 Å². The minimum atomic E-state index is -7.33. The van der Waals surface area contributed by atoms with Crippen molar-refractivity contribution in [3.8, 4) is 17.2 Å². The predicted molar refractivity (Wildman–Crippen MR) is 436 cm³/mol. The fourth-order valence-corrected chi connectivity index (χ4v) is 15.3. The molecule has 0 saturated heterocycles. The highest BCUT2D eigenvalue weighted by molar-refractivity contribution is 7.97. The van der Waals surface area contributed by atoms with E-state index < -0.39 is 99.7 Å². The minimum Gasteiger partial charge on any atom is -0.743 e. The molecule has 1 aliphatic carbocycles. The summed E-state index contributed by atoms with van der Waals surface area (Å²) in [4.78, 5) is 74.3. The Bertz CT molecular complexity index is 4850. The van der Waals surface area contributed by atoms with Gasteiger partial charge in [0.25, 0.3) is 0 Å². The summed E-state index contributed by atoms with van der Waals surface area (Å²) < 4.78 is 231. The van der Waals surface area contributed by atoms with Gasteiger partial charge in [0, 0.05) is 17.2 Å². The van der Waals surface area contributed by atoms with Gasteiger partial charge in [0.05, 0.1) is 21.8 Å². The van der Waals surface area contributed by atoms with Crippen molar-refractivity contribution in [1.82, 2.24) is 0 Å². The number of benzene rings is 7. The summed E-state index contributed by atoms with van der Waals surface area (Å²) in [5.74, 6) is -11.4. The summed E-state index contributed by atoms with van der Waals surface area (Å²) in [6, 6.07) is 61.6. The van der Waals surface area contributed by atoms with E-state index in [4.69, 9.17) is 28.4 Å². The van der Waals surface area contributed by atoms with Crippen LogP contribution in [0.4, 0.5) is 35.1 Å². The molecular formula is C85H96F8O23S5. The number of ether oxygens (including phenoxy) is 8. The molecule has 660 valence electrons. The molecule has 0 atom stereocenters. The number of carbonyl (C=O) groups is 6. The maximum atomic E-state index is 13.5. The van der Waals surface area contributed by atoms with Crippen LogP contribution in [0.2, 0.25) is 0 Å². The van der Waals surface area contributed by atoms with Gasteiger partial charge >= 0.3 is 67.6 Å². The van der Waals surface area contributed by atoms with E-state index in [1.807, 2.05) is 111 Å². The standard InChI is InChI=1S/C27H29O3S.C24H25O3S.C11H8F6O6S2.C8H10F2O7S.C8H14O2.C7H12O2/c1-2-27(19-9-10-20-27)30-26(28)21-29-22-15-17-25(18-16-22)31(23-11-5-3-6-12-23)24-13-7-4-8-14-24;1-24(2,3)27-23(25)18-26-19-14-16-22(17-15-19)28(20-10-6-4-7-11-20)21-12-8-5-9-13-21;1-2-7-3-5-8(6-4-7)23-25(21,22)11(16,17)9(12,13)10(14,15)24(18,19)20;1-5(2)6(11)16-3-4-17-7(12)8(9,10)18(13,14)15;1-6(2)7(9)10-8(3,4)5;1-5-6(8)9-7(2,3)4/h3-8,11-18H,2,9-10,19-21H2,1H3;4-17H,18H2,1-3H3;2-6H,1H2,(H,18,19,20);1,3-4H2,2H3,(H,13,14,15);1H2,2-5H3;5H,1H2,2-4H3/q2*+1;;;;/p-2. The first kappa shape index (κ1) is 105. The number of carbonyl (C=O) groups excluding carboxylic acids is 6. The Labute approximate surface area is 705 Å². The number of halogens is 8. The molecule has 1 fully saturated rings. The van der Waals surface area contributed by atoms with Crippen LogP contribution in [0.1, 0.15) is 121 Å². The van der Waals surface area contributed by atoms with E-state index in [2.05, 4.69) is 168 Å². The summed E-state index contributed by atoms with van der Waals surface area (Å²) >= 11 is 0. The van der Waals surface area contributed by atoms with Crippen molar-refractivity contribution in [2.24, 2.45) is 0 Å². The Kier molecular flexibility index (Phi) is 39.9. The van der Waals surface area contributed by atoms with Crippen LogP contribution >= 0.6 is 0 Å². The molecule has 121 heavy (non-hydrogen) atoms. The van der Waals surface area contributed by atoms with Crippen molar-refractivity contribution in [1.29, 1.82) is 0 Å². The van der Waals surface area contributed by atoms with Gasteiger partial charge in [-0.15, -0.1) is 0 Å². The number of rotatable bonds is 29. The van der Waals surface area contributed by atoms with Crippen LogP contribution in [0.5, 0.6) is 17.2 Å². The van der Waals surface area contributed by atoms with E-state index in [1.54, 1.807) is 6.92 Å². The predicted octanol–water partition coefficient (Wildman–Crippen LogP) is 17.5. The van der Waals surface area contributed by atoms with Crippen LogP contribution in [0.3, 0.4) is 0 Å². The second-order valence-corrected chi connectivity index (χ2v) is 37.1. The van der Waals surface area contributed by atoms with Crippen LogP contribution < -0.4 is 13.7 Å². The SMILES string of the molecule is C=C(C)C(=O)OC(C)(C)C.C=C(C)C(=O)OCCOC(=O)C(F)(F)S(=O)(=O)[O-].C=CC(=O)OC(C)(C)C.C=Cc1ccc(OS(=O)(=O)C(F)(F)C(F)(F)C(F)(F)S(=O)(=O)[O-])cc1.CC(C)(C)OC(=O)COc1ccc([S+](c2ccccc2)c2ccccc2)cc1.CCC1(OC(=O)COc2ccc([S+](c3ccccc3)c3ccccc3)cc2)CCCC1. The highest BCUT2D eigenvalue weighted by Crippen LogP contribution is 2.51. The monoisotopic (exact) mass is 1800 g/mol. The highest BCUT2D eigenvalue weighted by atomic mass is 32.2. The van der Waals surface area contributed by atoms with Crippen LogP contribution in [-0.2, 0) is 109 Å². The zero-order valence-corrected chi connectivity index (χ0v) is 72.4. The number of esters is 6. The smallest absolute Gasteiger partial charge is 0.450 e. The lowest BCUT2D eigenvalue weighted by molar-refractivity contribution is -0.247. The molecule has 1 saturated carbocycles. The second-order valence-electron chi connectivity index (χ2n) is 28.6. The molecule has 7 aromatic rings. The summed E-state index contributed by atoms with van der Waals surface area (Å²) in [6.45, 7) is 33.2. The first-order valence-electron chi connectivity index (χ1n) is 36.3. The largest absolute Gasteiger partial charge is 0.743 e. The molecule has 0 amide bonds. The second kappa shape index (κ2) is 46.0. The van der Waals surface area contributed by atoms with E-state index in [0.717, 1.165) is 50.3 Å². The van der Waals surface area contributed by atoms with E-state index in [1.165, 1.54) is 42.4 Å². The summed E-state index contributed by atoms with van der Waals surface area (Å²) in [5, 5.41) is -18.9. The van der Waals surface area contributed by atoms with E-state index >= 15 is 0 Å². The molecule has 0 N–H and O–H groups in total. The Balaban J connectivity index is 0.000000393. The van der Waals surface area contributed by atoms with Crippen molar-refractivity contribution in [2.75, 3.05) is 26.4 Å². The lowest BCUT2D eigenvalue weighted by Crippen LogP contribution is -2.61. The Morgan fingerprint density at radius 3 is 1.11 bits per heavy atom. The molecule has 0 spiro atoms. The average Bonchev–Trinajstić information content (AvgIpc) is 0.783. The molecule has 8 rings (SSSR count). The normalized spacial score (nSPS) is 12.8. The van der Waals surface area contributed by atoms with E-state index in [9.17, 15) is 98.2 Å². The highest BCUT2D eigenvalue weighted by Gasteiger charge is 2.81. The van der Waals surface area contributed by atoms with Gasteiger partial charge in [0.15, 0.2) is 62.8 Å². The molecule has 0 aliphatic heterocycles. The summed E-state index contributed by atoms with van der Waals surface area (Å²) in [7, 11) is -20.7. The lowest BCUT2D eigenvalue weighted by atomic mass is 9.99. The maximum Gasteiger partial charge on any atom is 0.450 e. The lowest BCUT2D eigenvalue weighted by Gasteiger charge is -2.32. The zero-order valence-electron chi connectivity index (χ0n) is 68.3. The van der Waals surface area contributed by atoms with Gasteiger partial charge < -0.3 is 51.2 Å². The summed E-state index contributed by atoms with van der Waals surface area (Å²) in [6.07, 6.45) is 7.46. The summed E-state index contributed by atoms with van der Waals surface area (Å²) in [5.41, 5.74) is -0.774. The Morgan fingerprint density at radius 2 is 0.802 bits per heavy atom. The van der Waals surface area contributed by atoms with Gasteiger partial charge in [-0.2, -0.15) is 43.5 Å². The van der Waals surface area contributed by atoms with Gasteiger partial charge in [-0.1, -0.05) is 124 Å². The maximum absolute atomic E-state index is 13.5. The average molecular weight is 1800 g/mol. The van der Waals surface area contributed by atoms with E-state index in [0.29, 0.717) is 34.8 Å². The van der Waals surface area contributed by atoms with Crippen molar-refractivity contribution in [3.05, 3.63) is 243 Å². The van der Waals surface area contributed by atoms with E-state index in [-0.39, 0.29) is 70.1 Å². The Morgan fingerprint density at radius 1 is 0.455 bits per heavy atom. The van der Waals surface area contributed by atoms with Gasteiger partial charge in [0.1, 0.15) is 52.9 Å². The third-order valence-electron chi connectivity index (χ3n) is 15.1. The van der Waals surface area contributed by atoms with Crippen molar-refractivity contribution < 1.29 is 140 Å². The van der Waals surface area contributed by atoms with Gasteiger partial charge in [0.2, 0.25) is 0 Å². The molecule has 23 nitrogen and oxygen atoms in total. The van der Waals surface area contributed by atoms with Gasteiger partial charge in [-0.3, -0.25) is 0 Å².